The van der Waals surface area contributed by atoms with E-state index in [1.54, 1.807) is 0 Å². The van der Waals surface area contributed by atoms with Crippen LogP contribution in [0.15, 0.2) is 12.2 Å². The minimum atomic E-state index is -0.733. The molecular weight excluding hydrogens is 198 g/mol. The summed E-state index contributed by atoms with van der Waals surface area (Å²) in [4.78, 5) is 23.7. The van der Waals surface area contributed by atoms with Gasteiger partial charge < -0.3 is 9.84 Å². The molecule has 5 heteroatoms. The van der Waals surface area contributed by atoms with Crippen LogP contribution in [0.1, 0.15) is 12.8 Å². The second kappa shape index (κ2) is 5.04. The van der Waals surface area contributed by atoms with Crippen LogP contribution in [-0.4, -0.2) is 48.2 Å². The third-order valence-electron chi connectivity index (χ3n) is 2.26. The Hall–Kier alpha value is -1.20. The number of aliphatic hydroxyl groups excluding tert-OH is 1. The van der Waals surface area contributed by atoms with Gasteiger partial charge in [-0.15, -0.1) is 0 Å². The largest absolute Gasteiger partial charge is 0.391 e. The maximum absolute atomic E-state index is 11.4. The van der Waals surface area contributed by atoms with Crippen molar-refractivity contribution in [3.8, 4) is 0 Å². The number of imide groups is 1. The van der Waals surface area contributed by atoms with Gasteiger partial charge in [-0.25, -0.2) is 0 Å². The van der Waals surface area contributed by atoms with Gasteiger partial charge in [0.2, 0.25) is 5.91 Å². The highest BCUT2D eigenvalue weighted by Gasteiger charge is 2.33. The lowest BCUT2D eigenvalue weighted by Gasteiger charge is -2.17. The van der Waals surface area contributed by atoms with E-state index in [0.717, 1.165) is 4.90 Å². The molecule has 0 bridgehead atoms. The third kappa shape index (κ3) is 2.87. The highest BCUT2D eigenvalue weighted by Crippen LogP contribution is 2.17. The van der Waals surface area contributed by atoms with Crippen molar-refractivity contribution in [3.63, 3.8) is 0 Å². The molecule has 0 radical (unpaired) electrons. The summed E-state index contributed by atoms with van der Waals surface area (Å²) in [6.45, 7) is 3.92. The van der Waals surface area contributed by atoms with Crippen LogP contribution in [0.25, 0.3) is 0 Å². The van der Waals surface area contributed by atoms with E-state index in [9.17, 15) is 14.7 Å². The number of likely N-dealkylation sites (tertiary alicyclic amines) is 1. The lowest BCUT2D eigenvalue weighted by atomic mass is 10.2. The number of carbonyl (C=O) groups is 2. The van der Waals surface area contributed by atoms with Crippen molar-refractivity contribution in [2.45, 2.75) is 18.9 Å². The lowest BCUT2D eigenvalue weighted by Crippen LogP contribution is -2.37. The maximum atomic E-state index is 11.4. The van der Waals surface area contributed by atoms with Crippen molar-refractivity contribution in [1.82, 2.24) is 4.90 Å². The molecule has 15 heavy (non-hydrogen) atoms. The predicted molar refractivity (Wildman–Crippen MR) is 53.0 cm³/mol. The van der Waals surface area contributed by atoms with E-state index in [0.29, 0.717) is 18.6 Å². The van der Waals surface area contributed by atoms with Crippen molar-refractivity contribution in [3.05, 3.63) is 12.2 Å². The average molecular weight is 213 g/mol. The van der Waals surface area contributed by atoms with Gasteiger partial charge in [0.1, 0.15) is 0 Å². The van der Waals surface area contributed by atoms with Gasteiger partial charge in [0, 0.05) is 19.3 Å². The molecule has 1 heterocycles. The number of rotatable bonds is 5. The lowest BCUT2D eigenvalue weighted by molar-refractivity contribution is -0.139. The fourth-order valence-electron chi connectivity index (χ4n) is 1.40. The molecule has 0 aliphatic carbocycles. The molecule has 0 aromatic rings. The quantitative estimate of drug-likeness (QED) is 0.503. The molecule has 0 aromatic carbocycles. The van der Waals surface area contributed by atoms with E-state index in [1.165, 1.54) is 7.11 Å². The van der Waals surface area contributed by atoms with E-state index in [2.05, 4.69) is 6.58 Å². The molecule has 2 amide bonds. The number of aliphatic hydroxyl groups is 1. The van der Waals surface area contributed by atoms with E-state index in [4.69, 9.17) is 4.74 Å². The molecule has 0 spiro atoms. The third-order valence-corrected chi connectivity index (χ3v) is 2.26. The van der Waals surface area contributed by atoms with Gasteiger partial charge in [-0.2, -0.15) is 0 Å². The van der Waals surface area contributed by atoms with Crippen LogP contribution in [-0.2, 0) is 14.3 Å². The molecule has 0 saturated carbocycles. The number of hydrogen-bond donors (Lipinski definition) is 1. The molecule has 1 fully saturated rings. The molecule has 1 N–H and O–H groups in total. The highest BCUT2D eigenvalue weighted by atomic mass is 16.5. The Bertz CT molecular complexity index is 287. The zero-order valence-corrected chi connectivity index (χ0v) is 8.73. The number of hydrogen-bond acceptors (Lipinski definition) is 4. The number of amides is 2. The second-order valence-corrected chi connectivity index (χ2v) is 3.53. The standard InChI is InChI=1S/C10H15NO4/c1-7-5-9(13)11(10(7)14)6-8(12)3-4-15-2/h8,12H,1,3-6H2,2H3. The summed E-state index contributed by atoms with van der Waals surface area (Å²) in [5, 5.41) is 9.51. The van der Waals surface area contributed by atoms with Crippen molar-refractivity contribution >= 4 is 11.8 Å². The van der Waals surface area contributed by atoms with Crippen LogP contribution >= 0.6 is 0 Å². The Morgan fingerprint density at radius 2 is 2.27 bits per heavy atom. The molecule has 5 nitrogen and oxygen atoms in total. The van der Waals surface area contributed by atoms with Crippen molar-refractivity contribution < 1.29 is 19.4 Å². The summed E-state index contributed by atoms with van der Waals surface area (Å²) in [5.74, 6) is -0.669. The van der Waals surface area contributed by atoms with E-state index in [1.807, 2.05) is 0 Å². The van der Waals surface area contributed by atoms with Gasteiger partial charge in [0.25, 0.3) is 5.91 Å². The van der Waals surface area contributed by atoms with Gasteiger partial charge >= 0.3 is 0 Å². The summed E-state index contributed by atoms with van der Waals surface area (Å²) in [7, 11) is 1.53. The average Bonchev–Trinajstić information content (AvgIpc) is 2.42. The molecular formula is C10H15NO4. The summed E-state index contributed by atoms with van der Waals surface area (Å²) in [5.41, 5.74) is 0.291. The van der Waals surface area contributed by atoms with Crippen molar-refractivity contribution in [2.24, 2.45) is 0 Å². The molecule has 1 aliphatic rings. The molecule has 1 rings (SSSR count). The maximum Gasteiger partial charge on any atom is 0.256 e. The number of nitrogens with zero attached hydrogens (tertiary/aromatic N) is 1. The zero-order chi connectivity index (χ0) is 11.4. The number of ether oxygens (including phenoxy) is 1. The van der Waals surface area contributed by atoms with E-state index >= 15 is 0 Å². The second-order valence-electron chi connectivity index (χ2n) is 3.53. The fourth-order valence-corrected chi connectivity index (χ4v) is 1.40. The van der Waals surface area contributed by atoms with Crippen LogP contribution in [0, 0.1) is 0 Å². The van der Waals surface area contributed by atoms with Crippen LogP contribution < -0.4 is 0 Å². The number of methoxy groups -OCH3 is 1. The Morgan fingerprint density at radius 3 is 2.73 bits per heavy atom. The molecule has 1 saturated heterocycles. The number of carbonyl (C=O) groups excluding carboxylic acids is 2. The monoisotopic (exact) mass is 213 g/mol. The minimum absolute atomic E-state index is 0.0278. The SMILES string of the molecule is C=C1CC(=O)N(CC(O)CCOC)C1=O. The van der Waals surface area contributed by atoms with Crippen LogP contribution in [0.5, 0.6) is 0 Å². The first kappa shape index (κ1) is 11.9. The molecule has 1 aliphatic heterocycles. The van der Waals surface area contributed by atoms with Gasteiger partial charge in [-0.3, -0.25) is 14.5 Å². The van der Waals surface area contributed by atoms with Gasteiger partial charge in [-0.1, -0.05) is 6.58 Å². The normalized spacial score (nSPS) is 18.8. The summed E-state index contributed by atoms with van der Waals surface area (Å²) in [6.07, 6.45) is -0.265. The molecule has 0 aromatic heterocycles. The highest BCUT2D eigenvalue weighted by molar-refractivity contribution is 6.12. The Morgan fingerprint density at radius 1 is 1.60 bits per heavy atom. The van der Waals surface area contributed by atoms with E-state index < -0.39 is 6.10 Å². The first-order valence-electron chi connectivity index (χ1n) is 4.75. The minimum Gasteiger partial charge on any atom is -0.391 e. The van der Waals surface area contributed by atoms with Crippen LogP contribution in [0.2, 0.25) is 0 Å². The topological polar surface area (TPSA) is 66.8 Å². The Labute approximate surface area is 88.3 Å². The smallest absolute Gasteiger partial charge is 0.256 e. The fraction of sp³-hybridized carbons (Fsp3) is 0.600. The molecule has 1 unspecified atom stereocenters. The van der Waals surface area contributed by atoms with E-state index in [-0.39, 0.29) is 24.8 Å². The molecule has 84 valence electrons. The first-order chi connectivity index (χ1) is 7.06. The summed E-state index contributed by atoms with van der Waals surface area (Å²) >= 11 is 0. The first-order valence-corrected chi connectivity index (χ1v) is 4.75. The van der Waals surface area contributed by atoms with Crippen LogP contribution in [0.4, 0.5) is 0 Å². The Kier molecular flexibility index (Phi) is 3.99. The zero-order valence-electron chi connectivity index (χ0n) is 8.73. The van der Waals surface area contributed by atoms with Gasteiger partial charge in [0.15, 0.2) is 0 Å². The Balaban J connectivity index is 2.47. The summed E-state index contributed by atoms with van der Waals surface area (Å²) < 4.78 is 4.79. The molecule has 1 atom stereocenters. The number of β-amino-alcohol motifs (C(OH)–C–C–N with tert-alkyl or cyclic N) is 1. The van der Waals surface area contributed by atoms with Crippen molar-refractivity contribution in [1.29, 1.82) is 0 Å². The van der Waals surface area contributed by atoms with Gasteiger partial charge in [-0.05, 0) is 6.42 Å². The summed E-state index contributed by atoms with van der Waals surface area (Å²) in [6, 6.07) is 0. The van der Waals surface area contributed by atoms with Crippen LogP contribution in [0.3, 0.4) is 0 Å². The van der Waals surface area contributed by atoms with Gasteiger partial charge in [0.05, 0.1) is 19.1 Å². The predicted octanol–water partition coefficient (Wildman–Crippen LogP) is -0.301. The van der Waals surface area contributed by atoms with Crippen molar-refractivity contribution in [2.75, 3.05) is 20.3 Å².